The van der Waals surface area contributed by atoms with Gasteiger partial charge in [0.2, 0.25) is 0 Å². The number of anilines is 1. The molecule has 0 unspecified atom stereocenters. The van der Waals surface area contributed by atoms with Gasteiger partial charge in [-0.05, 0) is 31.5 Å². The molecule has 16 heavy (non-hydrogen) atoms. The van der Waals surface area contributed by atoms with Gasteiger partial charge >= 0.3 is 5.97 Å². The molecule has 0 radical (unpaired) electrons. The van der Waals surface area contributed by atoms with Crippen molar-refractivity contribution in [3.63, 3.8) is 0 Å². The number of aliphatic carboxylic acids is 1. The number of rotatable bonds is 2. The van der Waals surface area contributed by atoms with Gasteiger partial charge in [0.05, 0.1) is 0 Å². The molecule has 1 aromatic rings. The highest BCUT2D eigenvalue weighted by Crippen LogP contribution is 2.19. The number of carboxylic acids is 1. The number of hydrogen-bond acceptors (Lipinski definition) is 3. The normalized spacial score (nSPS) is 8.94. The zero-order valence-electron chi connectivity index (χ0n) is 9.16. The van der Waals surface area contributed by atoms with Gasteiger partial charge in [-0.2, -0.15) is 0 Å². The molecule has 0 amide bonds. The summed E-state index contributed by atoms with van der Waals surface area (Å²) in [6.45, 7) is 3.14. The van der Waals surface area contributed by atoms with Gasteiger partial charge < -0.3 is 10.8 Å². The Morgan fingerprint density at radius 2 is 2.00 bits per heavy atom. The summed E-state index contributed by atoms with van der Waals surface area (Å²) in [4.78, 5) is 19.5. The number of hydrogen-bond donors (Lipinski definition) is 2. The molecule has 0 heterocycles. The van der Waals surface area contributed by atoms with Crippen molar-refractivity contribution in [2.24, 2.45) is 0 Å². The molecule has 3 N–H and O–H groups in total. The predicted octanol–water partition coefficient (Wildman–Crippen LogP) is 2.28. The number of benzene rings is 1. The molecule has 0 bridgehead atoms. The van der Waals surface area contributed by atoms with Crippen LogP contribution < -0.4 is 5.73 Å². The smallest absolute Gasteiger partial charge is 0.310 e. The van der Waals surface area contributed by atoms with Crippen LogP contribution in [-0.2, 0) is 9.59 Å². The van der Waals surface area contributed by atoms with Gasteiger partial charge in [0, 0.05) is 10.7 Å². The first-order chi connectivity index (χ1) is 7.34. The minimum Gasteiger partial charge on any atom is -0.481 e. The first-order valence-electron chi connectivity index (χ1n) is 4.56. The molecule has 0 aromatic heterocycles. The first-order valence-corrected chi connectivity index (χ1v) is 4.94. The molecule has 4 nitrogen and oxygen atoms in total. The molecule has 0 fully saturated rings. The Morgan fingerprint density at radius 3 is 2.25 bits per heavy atom. The van der Waals surface area contributed by atoms with Crippen LogP contribution in [0.3, 0.4) is 0 Å². The zero-order chi connectivity index (χ0) is 12.7. The van der Waals surface area contributed by atoms with E-state index in [4.69, 9.17) is 22.4 Å². The fraction of sp³-hybridized carbons (Fsp3) is 0.273. The third-order valence-corrected chi connectivity index (χ3v) is 2.12. The Hall–Kier alpha value is -1.55. The predicted molar refractivity (Wildman–Crippen MR) is 63.5 cm³/mol. The van der Waals surface area contributed by atoms with Crippen LogP contribution in [0.15, 0.2) is 18.2 Å². The highest BCUT2D eigenvalue weighted by atomic mass is 35.5. The molecule has 0 aliphatic heterocycles. The summed E-state index contributed by atoms with van der Waals surface area (Å²) < 4.78 is 0. The average Bonchev–Trinajstić information content (AvgIpc) is 2.12. The highest BCUT2D eigenvalue weighted by molar-refractivity contribution is 6.31. The van der Waals surface area contributed by atoms with Crippen molar-refractivity contribution in [1.29, 1.82) is 0 Å². The van der Waals surface area contributed by atoms with Gasteiger partial charge in [-0.25, -0.2) is 0 Å². The molecule has 0 saturated heterocycles. The lowest BCUT2D eigenvalue weighted by molar-refractivity contribution is -0.139. The van der Waals surface area contributed by atoms with E-state index >= 15 is 0 Å². The van der Waals surface area contributed by atoms with Gasteiger partial charge in [0.1, 0.15) is 12.2 Å². The highest BCUT2D eigenvalue weighted by Gasteiger charge is 1.98. The van der Waals surface area contributed by atoms with Crippen LogP contribution in [0, 0.1) is 6.92 Å². The van der Waals surface area contributed by atoms with Gasteiger partial charge in [-0.15, -0.1) is 0 Å². The molecule has 88 valence electrons. The molecule has 0 saturated carbocycles. The van der Waals surface area contributed by atoms with E-state index in [1.165, 1.54) is 6.92 Å². The number of Topliss-reactive ketones (excluding diaryl/α,β-unsaturated/α-hetero) is 1. The lowest BCUT2D eigenvalue weighted by atomic mass is 10.2. The third-order valence-electron chi connectivity index (χ3n) is 1.71. The van der Waals surface area contributed by atoms with E-state index in [-0.39, 0.29) is 12.2 Å². The van der Waals surface area contributed by atoms with Gasteiger partial charge in [0.15, 0.2) is 0 Å². The second kappa shape index (κ2) is 6.85. The number of carbonyl (C=O) groups excluding carboxylic acids is 1. The van der Waals surface area contributed by atoms with Crippen LogP contribution in [0.5, 0.6) is 0 Å². The topological polar surface area (TPSA) is 80.4 Å². The SMILES string of the molecule is CC(=O)CC(=O)O.Cc1c(N)cccc1Cl. The molecule has 0 aliphatic rings. The summed E-state index contributed by atoms with van der Waals surface area (Å²) in [5, 5.41) is 8.59. The molecule has 0 spiro atoms. The summed E-state index contributed by atoms with van der Waals surface area (Å²) in [5.41, 5.74) is 7.25. The fourth-order valence-corrected chi connectivity index (χ4v) is 1.02. The van der Waals surface area contributed by atoms with Crippen molar-refractivity contribution in [3.8, 4) is 0 Å². The van der Waals surface area contributed by atoms with Crippen LogP contribution in [0.1, 0.15) is 18.9 Å². The Balaban J connectivity index is 0.000000293. The van der Waals surface area contributed by atoms with E-state index in [0.29, 0.717) is 0 Å². The van der Waals surface area contributed by atoms with E-state index in [0.717, 1.165) is 16.3 Å². The molecule has 5 heteroatoms. The lowest BCUT2D eigenvalue weighted by Crippen LogP contribution is -2.00. The summed E-state index contributed by atoms with van der Waals surface area (Å²) in [6, 6.07) is 5.50. The molecule has 1 rings (SSSR count). The van der Waals surface area contributed by atoms with E-state index < -0.39 is 5.97 Å². The number of nitrogen functional groups attached to an aromatic ring is 1. The Labute approximate surface area is 99.0 Å². The number of nitrogens with two attached hydrogens (primary N) is 1. The first kappa shape index (κ1) is 14.5. The van der Waals surface area contributed by atoms with Crippen LogP contribution in [0.25, 0.3) is 0 Å². The average molecular weight is 244 g/mol. The van der Waals surface area contributed by atoms with Gasteiger partial charge in [-0.3, -0.25) is 9.59 Å². The number of halogens is 1. The largest absolute Gasteiger partial charge is 0.481 e. The maximum atomic E-state index is 9.87. The summed E-state index contributed by atoms with van der Waals surface area (Å²) in [7, 11) is 0. The van der Waals surface area contributed by atoms with E-state index in [9.17, 15) is 9.59 Å². The summed E-state index contributed by atoms with van der Waals surface area (Å²) in [6.07, 6.45) is -0.361. The molecule has 1 aromatic carbocycles. The molecular formula is C11H14ClNO3. The standard InChI is InChI=1S/C7H8ClN.C4H6O3/c1-5-6(8)3-2-4-7(5)9;1-3(5)2-4(6)7/h2-4H,9H2,1H3;2H2,1H3,(H,6,7). The molecule has 0 atom stereocenters. The monoisotopic (exact) mass is 243 g/mol. The van der Waals surface area contributed by atoms with Crippen molar-refractivity contribution >= 4 is 29.0 Å². The number of carboxylic acid groups (broad SMARTS) is 1. The zero-order valence-corrected chi connectivity index (χ0v) is 9.91. The fourth-order valence-electron chi connectivity index (χ4n) is 0.837. The van der Waals surface area contributed by atoms with Crippen molar-refractivity contribution in [1.82, 2.24) is 0 Å². The van der Waals surface area contributed by atoms with E-state index in [1.807, 2.05) is 25.1 Å². The second-order valence-electron chi connectivity index (χ2n) is 3.23. The summed E-state index contributed by atoms with van der Waals surface area (Å²) in [5.74, 6) is -1.37. The maximum absolute atomic E-state index is 9.87. The van der Waals surface area contributed by atoms with Crippen molar-refractivity contribution in [2.45, 2.75) is 20.3 Å². The minimum absolute atomic E-state index is 0.312. The Bertz CT molecular complexity index is 359. The van der Waals surface area contributed by atoms with Crippen LogP contribution >= 0.6 is 11.6 Å². The Kier molecular flexibility index (Phi) is 6.18. The van der Waals surface area contributed by atoms with Crippen molar-refractivity contribution in [3.05, 3.63) is 28.8 Å². The van der Waals surface area contributed by atoms with Gasteiger partial charge in [-0.1, -0.05) is 17.7 Å². The summed E-state index contributed by atoms with van der Waals surface area (Å²) >= 11 is 5.73. The number of ketones is 1. The quantitative estimate of drug-likeness (QED) is 0.617. The maximum Gasteiger partial charge on any atom is 0.310 e. The van der Waals surface area contributed by atoms with E-state index in [1.54, 1.807) is 0 Å². The minimum atomic E-state index is -1.06. The number of carbonyl (C=O) groups is 2. The second-order valence-corrected chi connectivity index (χ2v) is 3.63. The molecular weight excluding hydrogens is 230 g/mol. The Morgan fingerprint density at radius 1 is 1.44 bits per heavy atom. The van der Waals surface area contributed by atoms with Crippen LogP contribution in [0.2, 0.25) is 5.02 Å². The third kappa shape index (κ3) is 6.03. The van der Waals surface area contributed by atoms with E-state index in [2.05, 4.69) is 0 Å². The van der Waals surface area contributed by atoms with Crippen LogP contribution in [-0.4, -0.2) is 16.9 Å². The lowest BCUT2D eigenvalue weighted by Gasteiger charge is -1.98. The molecule has 0 aliphatic carbocycles. The van der Waals surface area contributed by atoms with Crippen molar-refractivity contribution < 1.29 is 14.7 Å². The van der Waals surface area contributed by atoms with Crippen LogP contribution in [0.4, 0.5) is 5.69 Å². The van der Waals surface area contributed by atoms with Crippen molar-refractivity contribution in [2.75, 3.05) is 5.73 Å². The van der Waals surface area contributed by atoms with Gasteiger partial charge in [0.25, 0.3) is 0 Å².